The Kier molecular flexibility index (Phi) is 1.22. The SMILES string of the molecule is O=CN1CC12CCCCC2. The molecule has 0 radical (unpaired) electrons. The lowest BCUT2D eigenvalue weighted by molar-refractivity contribution is -0.114. The van der Waals surface area contributed by atoms with E-state index in [2.05, 4.69) is 0 Å². The number of carbonyl (C=O) groups excluding carboxylic acids is 1. The molecule has 10 heavy (non-hydrogen) atoms. The average molecular weight is 139 g/mol. The molecule has 1 heterocycles. The van der Waals surface area contributed by atoms with Gasteiger partial charge < -0.3 is 4.90 Å². The van der Waals surface area contributed by atoms with Crippen molar-refractivity contribution < 1.29 is 4.79 Å². The molecule has 2 heteroatoms. The van der Waals surface area contributed by atoms with Gasteiger partial charge in [-0.25, -0.2) is 0 Å². The summed E-state index contributed by atoms with van der Waals surface area (Å²) >= 11 is 0. The van der Waals surface area contributed by atoms with Gasteiger partial charge in [0.1, 0.15) is 0 Å². The number of hydrogen-bond donors (Lipinski definition) is 0. The molecule has 2 aliphatic rings. The van der Waals surface area contributed by atoms with E-state index < -0.39 is 0 Å². The predicted molar refractivity (Wildman–Crippen MR) is 38.6 cm³/mol. The van der Waals surface area contributed by atoms with Crippen LogP contribution in [0.2, 0.25) is 0 Å². The van der Waals surface area contributed by atoms with E-state index in [9.17, 15) is 4.79 Å². The summed E-state index contributed by atoms with van der Waals surface area (Å²) in [5.41, 5.74) is 0.361. The highest BCUT2D eigenvalue weighted by atomic mass is 16.1. The molecule has 0 unspecified atom stereocenters. The standard InChI is InChI=1S/C8H13NO/c10-7-9-6-8(9)4-2-1-3-5-8/h7H,1-6H2. The lowest BCUT2D eigenvalue weighted by Gasteiger charge is -2.20. The Morgan fingerprint density at radius 2 is 1.90 bits per heavy atom. The average Bonchev–Trinajstić information content (AvgIpc) is 2.65. The molecular weight excluding hydrogens is 126 g/mol. The van der Waals surface area contributed by atoms with Crippen molar-refractivity contribution in [2.45, 2.75) is 37.6 Å². The van der Waals surface area contributed by atoms with Crippen LogP contribution >= 0.6 is 0 Å². The fraction of sp³-hybridized carbons (Fsp3) is 0.875. The quantitative estimate of drug-likeness (QED) is 0.394. The molecule has 0 aromatic carbocycles. The third-order valence-electron chi connectivity index (χ3n) is 2.88. The van der Waals surface area contributed by atoms with Gasteiger partial charge in [0.05, 0.1) is 5.54 Å². The maximum atomic E-state index is 10.4. The highest BCUT2D eigenvalue weighted by molar-refractivity contribution is 5.54. The van der Waals surface area contributed by atoms with Crippen LogP contribution in [0.1, 0.15) is 32.1 Å². The van der Waals surface area contributed by atoms with E-state index in [0.29, 0.717) is 5.54 Å². The molecule has 0 aromatic heterocycles. The van der Waals surface area contributed by atoms with Crippen molar-refractivity contribution in [3.63, 3.8) is 0 Å². The molecule has 2 nitrogen and oxygen atoms in total. The first-order valence-electron chi connectivity index (χ1n) is 4.09. The second-order valence-electron chi connectivity index (χ2n) is 3.52. The lowest BCUT2D eigenvalue weighted by Crippen LogP contribution is -2.21. The normalized spacial score (nSPS) is 28.6. The number of amides is 1. The first-order valence-corrected chi connectivity index (χ1v) is 4.09. The number of hydrogen-bond acceptors (Lipinski definition) is 1. The molecule has 2 fully saturated rings. The Labute approximate surface area is 61.2 Å². The Balaban J connectivity index is 1.97. The molecule has 1 saturated carbocycles. The summed E-state index contributed by atoms with van der Waals surface area (Å²) in [5.74, 6) is 0. The van der Waals surface area contributed by atoms with Gasteiger partial charge in [-0.05, 0) is 12.8 Å². The molecule has 1 aliphatic heterocycles. The van der Waals surface area contributed by atoms with Crippen LogP contribution in [0.25, 0.3) is 0 Å². The van der Waals surface area contributed by atoms with Crippen molar-refractivity contribution in [2.24, 2.45) is 0 Å². The van der Waals surface area contributed by atoms with Crippen molar-refractivity contribution in [3.8, 4) is 0 Å². The number of nitrogens with zero attached hydrogens (tertiary/aromatic N) is 1. The molecule has 0 bridgehead atoms. The van der Waals surface area contributed by atoms with Crippen LogP contribution in [-0.4, -0.2) is 23.4 Å². The van der Waals surface area contributed by atoms with Crippen LogP contribution in [0.5, 0.6) is 0 Å². The maximum Gasteiger partial charge on any atom is 0.210 e. The van der Waals surface area contributed by atoms with Gasteiger partial charge in [0.15, 0.2) is 0 Å². The summed E-state index contributed by atoms with van der Waals surface area (Å²) < 4.78 is 0. The van der Waals surface area contributed by atoms with Gasteiger partial charge in [0, 0.05) is 6.54 Å². The van der Waals surface area contributed by atoms with E-state index in [0.717, 1.165) is 13.0 Å². The second kappa shape index (κ2) is 1.97. The minimum atomic E-state index is 0.361. The van der Waals surface area contributed by atoms with Crippen LogP contribution in [0.4, 0.5) is 0 Å². The van der Waals surface area contributed by atoms with E-state index in [-0.39, 0.29) is 0 Å². The van der Waals surface area contributed by atoms with Crippen LogP contribution in [0.3, 0.4) is 0 Å². The molecule has 2 rings (SSSR count). The topological polar surface area (TPSA) is 20.1 Å². The summed E-state index contributed by atoms with van der Waals surface area (Å²) in [6.45, 7) is 1.04. The summed E-state index contributed by atoms with van der Waals surface area (Å²) in [7, 11) is 0. The first kappa shape index (κ1) is 6.20. The molecule has 0 atom stereocenters. The fourth-order valence-corrected chi connectivity index (χ4v) is 2.09. The van der Waals surface area contributed by atoms with Crippen LogP contribution in [0, 0.1) is 0 Å². The van der Waals surface area contributed by atoms with Gasteiger partial charge in [0.2, 0.25) is 6.41 Å². The van der Waals surface area contributed by atoms with Crippen molar-refractivity contribution in [2.75, 3.05) is 6.54 Å². The molecule has 1 aliphatic carbocycles. The van der Waals surface area contributed by atoms with Crippen LogP contribution in [-0.2, 0) is 4.79 Å². The summed E-state index contributed by atoms with van der Waals surface area (Å²) in [4.78, 5) is 12.3. The van der Waals surface area contributed by atoms with E-state index >= 15 is 0 Å². The van der Waals surface area contributed by atoms with Crippen molar-refractivity contribution >= 4 is 6.41 Å². The summed E-state index contributed by atoms with van der Waals surface area (Å²) in [6, 6.07) is 0. The number of carbonyl (C=O) groups is 1. The fourth-order valence-electron chi connectivity index (χ4n) is 2.09. The van der Waals surface area contributed by atoms with E-state index in [1.54, 1.807) is 0 Å². The van der Waals surface area contributed by atoms with Gasteiger partial charge in [-0.1, -0.05) is 19.3 Å². The molecule has 1 amide bonds. The smallest absolute Gasteiger partial charge is 0.210 e. The molecule has 0 aromatic rings. The minimum Gasteiger partial charge on any atom is -0.335 e. The summed E-state index contributed by atoms with van der Waals surface area (Å²) in [6.07, 6.45) is 7.53. The predicted octanol–water partition coefficient (Wildman–Crippen LogP) is 1.16. The van der Waals surface area contributed by atoms with Crippen molar-refractivity contribution in [1.82, 2.24) is 4.90 Å². The Hall–Kier alpha value is -0.530. The Bertz CT molecular complexity index is 149. The third-order valence-corrected chi connectivity index (χ3v) is 2.88. The highest BCUT2D eigenvalue weighted by Gasteiger charge is 2.50. The minimum absolute atomic E-state index is 0.361. The third kappa shape index (κ3) is 0.746. The highest BCUT2D eigenvalue weighted by Crippen LogP contribution is 2.43. The molecule has 1 saturated heterocycles. The van der Waals surface area contributed by atoms with Gasteiger partial charge in [0.25, 0.3) is 0 Å². The first-order chi connectivity index (χ1) is 4.87. The van der Waals surface area contributed by atoms with Crippen molar-refractivity contribution in [3.05, 3.63) is 0 Å². The molecular formula is C8H13NO. The van der Waals surface area contributed by atoms with Gasteiger partial charge in [-0.2, -0.15) is 0 Å². The zero-order chi connectivity index (χ0) is 7.03. The Morgan fingerprint density at radius 3 is 2.40 bits per heavy atom. The van der Waals surface area contributed by atoms with Gasteiger partial charge >= 0.3 is 0 Å². The molecule has 0 N–H and O–H groups in total. The maximum absolute atomic E-state index is 10.4. The lowest BCUT2D eigenvalue weighted by atomic mass is 9.89. The molecule has 56 valence electrons. The Morgan fingerprint density at radius 1 is 1.20 bits per heavy atom. The zero-order valence-corrected chi connectivity index (χ0v) is 6.18. The van der Waals surface area contributed by atoms with Crippen LogP contribution < -0.4 is 0 Å². The van der Waals surface area contributed by atoms with Gasteiger partial charge in [-0.15, -0.1) is 0 Å². The zero-order valence-electron chi connectivity index (χ0n) is 6.18. The number of rotatable bonds is 1. The van der Waals surface area contributed by atoms with Crippen molar-refractivity contribution in [1.29, 1.82) is 0 Å². The monoisotopic (exact) mass is 139 g/mol. The van der Waals surface area contributed by atoms with Crippen LogP contribution in [0.15, 0.2) is 0 Å². The summed E-state index contributed by atoms with van der Waals surface area (Å²) in [5, 5.41) is 0. The largest absolute Gasteiger partial charge is 0.335 e. The van der Waals surface area contributed by atoms with E-state index in [4.69, 9.17) is 0 Å². The van der Waals surface area contributed by atoms with E-state index in [1.807, 2.05) is 4.90 Å². The molecule has 1 spiro atoms. The van der Waals surface area contributed by atoms with Gasteiger partial charge in [-0.3, -0.25) is 4.79 Å². The second-order valence-corrected chi connectivity index (χ2v) is 3.52. The van der Waals surface area contributed by atoms with E-state index in [1.165, 1.54) is 32.1 Å².